The Hall–Kier alpha value is -2.45. The van der Waals surface area contributed by atoms with Gasteiger partial charge in [-0.25, -0.2) is 0 Å². The number of carbonyl (C=O) groups excluding carboxylic acids is 2. The summed E-state index contributed by atoms with van der Waals surface area (Å²) in [5.74, 6) is -0.632. The lowest BCUT2D eigenvalue weighted by Gasteiger charge is -2.34. The first-order valence-corrected chi connectivity index (χ1v) is 13.5. The van der Waals surface area contributed by atoms with Gasteiger partial charge in [-0.2, -0.15) is 0 Å². The highest BCUT2D eigenvalue weighted by molar-refractivity contribution is 7.09. The van der Waals surface area contributed by atoms with E-state index in [1.54, 1.807) is 28.6 Å². The Labute approximate surface area is 205 Å². The first-order valence-electron chi connectivity index (χ1n) is 12.6. The number of hydrogen-bond donors (Lipinski definition) is 1. The van der Waals surface area contributed by atoms with Crippen molar-refractivity contribution in [1.82, 2.24) is 19.7 Å². The van der Waals surface area contributed by atoms with Gasteiger partial charge >= 0.3 is 0 Å². The van der Waals surface area contributed by atoms with Crippen LogP contribution in [0.25, 0.3) is 0 Å². The molecule has 8 heteroatoms. The van der Waals surface area contributed by atoms with Crippen molar-refractivity contribution >= 4 is 23.2 Å². The molecule has 1 saturated heterocycles. The number of amides is 2. The van der Waals surface area contributed by atoms with Crippen molar-refractivity contribution in [1.29, 1.82) is 0 Å². The van der Waals surface area contributed by atoms with Crippen LogP contribution in [0.2, 0.25) is 0 Å². The number of unbranched alkanes of at least 4 members (excludes halogenated alkanes) is 1. The fourth-order valence-electron chi connectivity index (χ4n) is 4.88. The molecule has 2 aromatic rings. The van der Waals surface area contributed by atoms with Gasteiger partial charge in [-0.1, -0.05) is 38.7 Å². The first kappa shape index (κ1) is 24.7. The summed E-state index contributed by atoms with van der Waals surface area (Å²) in [5.41, 5.74) is -0.239. The molecule has 34 heavy (non-hydrogen) atoms. The van der Waals surface area contributed by atoms with E-state index in [1.165, 1.54) is 11.3 Å². The number of aromatic nitrogens is 1. The maximum Gasteiger partial charge on any atom is 0.259 e. The molecule has 4 rings (SSSR count). The summed E-state index contributed by atoms with van der Waals surface area (Å²) in [5, 5.41) is 4.94. The third-order valence-electron chi connectivity index (χ3n) is 6.95. The van der Waals surface area contributed by atoms with E-state index in [4.69, 9.17) is 0 Å². The predicted octanol–water partition coefficient (Wildman–Crippen LogP) is 3.90. The van der Waals surface area contributed by atoms with Crippen molar-refractivity contribution in [3.63, 3.8) is 0 Å². The molecule has 0 bridgehead atoms. The van der Waals surface area contributed by atoms with E-state index in [1.807, 2.05) is 4.57 Å². The molecule has 7 nitrogen and oxygen atoms in total. The molecule has 2 amide bonds. The second-order valence-electron chi connectivity index (χ2n) is 9.41. The zero-order valence-electron chi connectivity index (χ0n) is 20.1. The zero-order chi connectivity index (χ0) is 23.9. The normalized spacial score (nSPS) is 17.6. The third-order valence-corrected chi connectivity index (χ3v) is 7.81. The van der Waals surface area contributed by atoms with Gasteiger partial charge in [-0.3, -0.25) is 19.3 Å². The van der Waals surface area contributed by atoms with E-state index in [9.17, 15) is 14.4 Å². The molecule has 3 heterocycles. The van der Waals surface area contributed by atoms with Crippen LogP contribution >= 0.6 is 11.3 Å². The molecule has 0 spiro atoms. The minimum absolute atomic E-state index is 0.0869. The van der Waals surface area contributed by atoms with Crippen molar-refractivity contribution in [2.75, 3.05) is 32.7 Å². The summed E-state index contributed by atoms with van der Waals surface area (Å²) in [7, 11) is 0. The van der Waals surface area contributed by atoms with Crippen LogP contribution in [0.15, 0.2) is 34.7 Å². The molecule has 184 valence electrons. The van der Waals surface area contributed by atoms with Gasteiger partial charge in [0, 0.05) is 62.6 Å². The number of carbonyl (C=O) groups is 2. The van der Waals surface area contributed by atoms with Crippen LogP contribution in [0.3, 0.4) is 0 Å². The fraction of sp³-hybridized carbons (Fsp3) is 0.577. The highest BCUT2D eigenvalue weighted by atomic mass is 32.1. The van der Waals surface area contributed by atoms with Crippen molar-refractivity contribution in [3.8, 4) is 0 Å². The monoisotopic (exact) mass is 484 g/mol. The first-order chi connectivity index (χ1) is 16.6. The van der Waals surface area contributed by atoms with Gasteiger partial charge in [0.2, 0.25) is 5.43 Å². The maximum atomic E-state index is 13.5. The predicted molar refractivity (Wildman–Crippen MR) is 136 cm³/mol. The van der Waals surface area contributed by atoms with Crippen LogP contribution in [-0.2, 0) is 6.54 Å². The van der Waals surface area contributed by atoms with E-state index in [2.05, 4.69) is 34.7 Å². The number of nitrogens with zero attached hydrogens (tertiary/aromatic N) is 3. The second-order valence-corrected chi connectivity index (χ2v) is 10.4. The minimum Gasteiger partial charge on any atom is -0.352 e. The van der Waals surface area contributed by atoms with Crippen LogP contribution in [0, 0.1) is 0 Å². The summed E-state index contributed by atoms with van der Waals surface area (Å²) < 4.78 is 1.97. The molecule has 2 aliphatic rings. The highest BCUT2D eigenvalue weighted by Crippen LogP contribution is 2.28. The fourth-order valence-corrected chi connectivity index (χ4v) is 5.62. The van der Waals surface area contributed by atoms with Gasteiger partial charge in [-0.15, -0.1) is 11.3 Å². The Morgan fingerprint density at radius 1 is 1.06 bits per heavy atom. The SMILES string of the molecule is CCCCNC(=O)c1cn(C2CCCCC2)cc(C(=O)N2CCN(Cc3cccs3)CC2)c1=O. The quantitative estimate of drug-likeness (QED) is 0.577. The van der Waals surface area contributed by atoms with Crippen molar-refractivity contribution in [3.05, 3.63) is 56.1 Å². The molecule has 2 fully saturated rings. The molecule has 0 unspecified atom stereocenters. The Morgan fingerprint density at radius 2 is 1.79 bits per heavy atom. The largest absolute Gasteiger partial charge is 0.352 e. The van der Waals surface area contributed by atoms with Crippen molar-refractivity contribution < 1.29 is 9.59 Å². The second kappa shape index (κ2) is 11.8. The standard InChI is InChI=1S/C26H36N4O3S/c1-2-3-11-27-25(32)22-18-30(20-8-5-4-6-9-20)19-23(24(22)31)26(33)29-14-12-28(13-15-29)17-21-10-7-16-34-21/h7,10,16,18-20H,2-6,8-9,11-15,17H2,1H3,(H,27,32). The Kier molecular flexibility index (Phi) is 8.56. The topological polar surface area (TPSA) is 74.7 Å². The van der Waals surface area contributed by atoms with Crippen molar-refractivity contribution in [2.45, 2.75) is 64.5 Å². The Balaban J connectivity index is 1.53. The van der Waals surface area contributed by atoms with Gasteiger partial charge in [0.05, 0.1) is 0 Å². The molecular formula is C26H36N4O3S. The van der Waals surface area contributed by atoms with E-state index in [0.29, 0.717) is 19.6 Å². The smallest absolute Gasteiger partial charge is 0.259 e. The lowest BCUT2D eigenvalue weighted by atomic mass is 9.95. The van der Waals surface area contributed by atoms with E-state index in [-0.39, 0.29) is 29.0 Å². The van der Waals surface area contributed by atoms with E-state index >= 15 is 0 Å². The number of thiophene rings is 1. The molecule has 0 atom stereocenters. The summed E-state index contributed by atoms with van der Waals surface area (Å²) in [6, 6.07) is 4.42. The molecule has 0 aromatic carbocycles. The van der Waals surface area contributed by atoms with Gasteiger partial charge in [0.25, 0.3) is 11.8 Å². The van der Waals surface area contributed by atoms with Crippen LogP contribution in [-0.4, -0.2) is 58.9 Å². The Morgan fingerprint density at radius 3 is 2.47 bits per heavy atom. The molecule has 1 aliphatic carbocycles. The summed E-state index contributed by atoms with van der Waals surface area (Å²) in [6.07, 6.45) is 10.7. The van der Waals surface area contributed by atoms with E-state index < -0.39 is 5.43 Å². The molecule has 0 radical (unpaired) electrons. The third kappa shape index (κ3) is 5.96. The van der Waals surface area contributed by atoms with Crippen LogP contribution < -0.4 is 10.7 Å². The minimum atomic E-state index is -0.452. The van der Waals surface area contributed by atoms with Crippen LogP contribution in [0.4, 0.5) is 0 Å². The maximum absolute atomic E-state index is 13.5. The number of nitrogens with one attached hydrogen (secondary N) is 1. The molecule has 1 N–H and O–H groups in total. The Bertz CT molecular complexity index is 1020. The van der Waals surface area contributed by atoms with Gasteiger partial charge in [0.15, 0.2) is 0 Å². The summed E-state index contributed by atoms with van der Waals surface area (Å²) >= 11 is 1.74. The summed E-state index contributed by atoms with van der Waals surface area (Å²) in [6.45, 7) is 6.20. The number of piperazine rings is 1. The molecule has 2 aromatic heterocycles. The highest BCUT2D eigenvalue weighted by Gasteiger charge is 2.28. The van der Waals surface area contributed by atoms with Crippen LogP contribution in [0.1, 0.15) is 83.5 Å². The molecular weight excluding hydrogens is 448 g/mol. The van der Waals surface area contributed by atoms with Crippen molar-refractivity contribution in [2.24, 2.45) is 0 Å². The lowest BCUT2D eigenvalue weighted by molar-refractivity contribution is 0.0627. The number of hydrogen-bond acceptors (Lipinski definition) is 5. The van der Waals surface area contributed by atoms with Crippen LogP contribution in [0.5, 0.6) is 0 Å². The lowest BCUT2D eigenvalue weighted by Crippen LogP contribution is -2.49. The van der Waals surface area contributed by atoms with Gasteiger partial charge in [0.1, 0.15) is 11.1 Å². The van der Waals surface area contributed by atoms with Gasteiger partial charge < -0.3 is 14.8 Å². The average Bonchev–Trinajstić information content (AvgIpc) is 3.38. The zero-order valence-corrected chi connectivity index (χ0v) is 20.9. The molecule has 1 saturated carbocycles. The van der Waals surface area contributed by atoms with Gasteiger partial charge in [-0.05, 0) is 30.7 Å². The molecule has 1 aliphatic heterocycles. The summed E-state index contributed by atoms with van der Waals surface area (Å²) in [4.78, 5) is 45.1. The number of rotatable bonds is 8. The van der Waals surface area contributed by atoms with E-state index in [0.717, 1.165) is 58.2 Å². The average molecular weight is 485 g/mol. The number of pyridine rings is 1.